The molecule has 1 nitrogen and oxygen atoms in total. The lowest BCUT2D eigenvalue weighted by atomic mass is 9.94. The van der Waals surface area contributed by atoms with E-state index >= 15 is 0 Å². The van der Waals surface area contributed by atoms with Gasteiger partial charge < -0.3 is 5.32 Å². The second-order valence-electron chi connectivity index (χ2n) is 4.48. The predicted molar refractivity (Wildman–Crippen MR) is 76.4 cm³/mol. The third kappa shape index (κ3) is 3.44. The molecule has 1 N–H and O–H groups in total. The summed E-state index contributed by atoms with van der Waals surface area (Å²) < 4.78 is 52.8. The van der Waals surface area contributed by atoms with E-state index in [0.29, 0.717) is 5.56 Å². The lowest BCUT2D eigenvalue weighted by molar-refractivity contribution is -0.138. The molecule has 0 fully saturated rings. The normalized spacial score (nSPS) is 13.2. The summed E-state index contributed by atoms with van der Waals surface area (Å²) in [6.45, 7) is 0. The summed E-state index contributed by atoms with van der Waals surface area (Å²) in [6, 6.07) is 8.84. The molecule has 0 aliphatic carbocycles. The monoisotopic (exact) mass is 361 g/mol. The highest BCUT2D eigenvalue weighted by molar-refractivity contribution is 9.10. The number of benzene rings is 2. The number of hydrogen-bond donors (Lipinski definition) is 1. The summed E-state index contributed by atoms with van der Waals surface area (Å²) in [5, 5.41) is 2.85. The minimum Gasteiger partial charge on any atom is -0.309 e. The lowest BCUT2D eigenvalue weighted by Crippen LogP contribution is -2.22. The molecule has 112 valence electrons. The summed E-state index contributed by atoms with van der Waals surface area (Å²) >= 11 is 3.05. The number of hydrogen-bond acceptors (Lipinski definition) is 1. The first-order chi connectivity index (χ1) is 9.84. The standard InChI is InChI=1S/C15H12BrF4N/c1-21-14(9-6-7-13(17)12(16)8-9)10-4-2-3-5-11(10)15(18,19)20/h2-8,14,21H,1H3. The smallest absolute Gasteiger partial charge is 0.309 e. The van der Waals surface area contributed by atoms with Gasteiger partial charge in [0.1, 0.15) is 5.82 Å². The fraction of sp³-hybridized carbons (Fsp3) is 0.200. The van der Waals surface area contributed by atoms with Crippen LogP contribution in [0.5, 0.6) is 0 Å². The SMILES string of the molecule is CNC(c1ccc(F)c(Br)c1)c1ccccc1C(F)(F)F. The van der Waals surface area contributed by atoms with E-state index in [9.17, 15) is 17.6 Å². The van der Waals surface area contributed by atoms with Crippen LogP contribution in [0.15, 0.2) is 46.9 Å². The van der Waals surface area contributed by atoms with Gasteiger partial charge in [0.15, 0.2) is 0 Å². The van der Waals surface area contributed by atoms with Crippen molar-refractivity contribution in [2.45, 2.75) is 12.2 Å². The van der Waals surface area contributed by atoms with Crippen LogP contribution in [0.3, 0.4) is 0 Å². The van der Waals surface area contributed by atoms with Crippen molar-refractivity contribution in [3.63, 3.8) is 0 Å². The molecule has 1 unspecified atom stereocenters. The van der Waals surface area contributed by atoms with Gasteiger partial charge in [-0.1, -0.05) is 24.3 Å². The zero-order valence-corrected chi connectivity index (χ0v) is 12.6. The van der Waals surface area contributed by atoms with Gasteiger partial charge in [-0.25, -0.2) is 4.39 Å². The van der Waals surface area contributed by atoms with E-state index in [2.05, 4.69) is 21.2 Å². The third-order valence-electron chi connectivity index (χ3n) is 3.14. The van der Waals surface area contributed by atoms with E-state index in [4.69, 9.17) is 0 Å². The zero-order chi connectivity index (χ0) is 15.6. The van der Waals surface area contributed by atoms with Crippen molar-refractivity contribution >= 4 is 15.9 Å². The Morgan fingerprint density at radius 1 is 1.10 bits per heavy atom. The van der Waals surface area contributed by atoms with Gasteiger partial charge in [0.25, 0.3) is 0 Å². The maximum atomic E-state index is 13.3. The molecule has 0 aromatic heterocycles. The Kier molecular flexibility index (Phi) is 4.68. The van der Waals surface area contributed by atoms with Gasteiger partial charge in [-0.05, 0) is 52.3 Å². The number of halogens is 5. The van der Waals surface area contributed by atoms with E-state index in [0.717, 1.165) is 6.07 Å². The highest BCUT2D eigenvalue weighted by atomic mass is 79.9. The molecule has 6 heteroatoms. The molecule has 0 saturated heterocycles. The van der Waals surface area contributed by atoms with E-state index in [1.807, 2.05) is 0 Å². The summed E-state index contributed by atoms with van der Waals surface area (Å²) in [4.78, 5) is 0. The van der Waals surface area contributed by atoms with Crippen molar-refractivity contribution in [1.29, 1.82) is 0 Å². The Morgan fingerprint density at radius 3 is 2.33 bits per heavy atom. The topological polar surface area (TPSA) is 12.0 Å². The zero-order valence-electron chi connectivity index (χ0n) is 11.0. The molecule has 0 amide bonds. The van der Waals surface area contributed by atoms with Crippen LogP contribution < -0.4 is 5.32 Å². The Labute approximate surface area is 128 Å². The molecular weight excluding hydrogens is 350 g/mol. The Balaban J connectivity index is 2.54. The fourth-order valence-corrected chi connectivity index (χ4v) is 2.60. The predicted octanol–water partition coefficient (Wildman–Crippen LogP) is 4.92. The first-order valence-electron chi connectivity index (χ1n) is 6.13. The van der Waals surface area contributed by atoms with Crippen molar-refractivity contribution in [3.05, 3.63) is 69.4 Å². The molecule has 0 aliphatic heterocycles. The van der Waals surface area contributed by atoms with Crippen LogP contribution in [-0.4, -0.2) is 7.05 Å². The van der Waals surface area contributed by atoms with Crippen LogP contribution in [-0.2, 0) is 6.18 Å². The van der Waals surface area contributed by atoms with Crippen LogP contribution in [0, 0.1) is 5.82 Å². The van der Waals surface area contributed by atoms with Gasteiger partial charge in [-0.2, -0.15) is 13.2 Å². The molecule has 21 heavy (non-hydrogen) atoms. The Morgan fingerprint density at radius 2 is 1.76 bits per heavy atom. The molecular formula is C15H12BrF4N. The third-order valence-corrected chi connectivity index (χ3v) is 3.75. The van der Waals surface area contributed by atoms with Gasteiger partial charge in [-0.3, -0.25) is 0 Å². The van der Waals surface area contributed by atoms with Crippen LogP contribution in [0.2, 0.25) is 0 Å². The highest BCUT2D eigenvalue weighted by Crippen LogP contribution is 2.36. The Bertz CT molecular complexity index is 640. The van der Waals surface area contributed by atoms with Crippen molar-refractivity contribution in [3.8, 4) is 0 Å². The van der Waals surface area contributed by atoms with Crippen LogP contribution in [0.1, 0.15) is 22.7 Å². The van der Waals surface area contributed by atoms with E-state index < -0.39 is 23.6 Å². The molecule has 2 rings (SSSR count). The van der Waals surface area contributed by atoms with Gasteiger partial charge in [-0.15, -0.1) is 0 Å². The largest absolute Gasteiger partial charge is 0.416 e. The molecule has 0 heterocycles. The van der Waals surface area contributed by atoms with E-state index in [-0.39, 0.29) is 10.0 Å². The lowest BCUT2D eigenvalue weighted by Gasteiger charge is -2.22. The highest BCUT2D eigenvalue weighted by Gasteiger charge is 2.35. The fourth-order valence-electron chi connectivity index (χ4n) is 2.20. The van der Waals surface area contributed by atoms with Crippen molar-refractivity contribution in [2.75, 3.05) is 7.05 Å². The summed E-state index contributed by atoms with van der Waals surface area (Å²) in [7, 11) is 1.56. The minimum absolute atomic E-state index is 0.103. The first-order valence-corrected chi connectivity index (χ1v) is 6.92. The van der Waals surface area contributed by atoms with E-state index in [1.54, 1.807) is 13.1 Å². The van der Waals surface area contributed by atoms with Gasteiger partial charge in [0.2, 0.25) is 0 Å². The van der Waals surface area contributed by atoms with Crippen LogP contribution >= 0.6 is 15.9 Å². The first kappa shape index (κ1) is 16.0. The average Bonchev–Trinajstić information content (AvgIpc) is 2.43. The maximum Gasteiger partial charge on any atom is 0.416 e. The van der Waals surface area contributed by atoms with Gasteiger partial charge in [0.05, 0.1) is 16.1 Å². The maximum absolute atomic E-state index is 13.3. The molecule has 0 bridgehead atoms. The number of nitrogens with one attached hydrogen (secondary N) is 1. The van der Waals surface area contributed by atoms with Crippen molar-refractivity contribution in [1.82, 2.24) is 5.32 Å². The van der Waals surface area contributed by atoms with Crippen LogP contribution in [0.25, 0.3) is 0 Å². The summed E-state index contributed by atoms with van der Waals surface area (Å²) in [5.74, 6) is -0.460. The van der Waals surface area contributed by atoms with Gasteiger partial charge in [0, 0.05) is 0 Å². The summed E-state index contributed by atoms with van der Waals surface area (Å²) in [6.07, 6.45) is -4.44. The second kappa shape index (κ2) is 6.15. The van der Waals surface area contributed by atoms with Crippen molar-refractivity contribution in [2.24, 2.45) is 0 Å². The minimum atomic E-state index is -4.44. The molecule has 0 radical (unpaired) electrons. The van der Waals surface area contributed by atoms with E-state index in [1.165, 1.54) is 30.3 Å². The molecule has 0 spiro atoms. The second-order valence-corrected chi connectivity index (χ2v) is 5.33. The van der Waals surface area contributed by atoms with Crippen molar-refractivity contribution < 1.29 is 17.6 Å². The van der Waals surface area contributed by atoms with Gasteiger partial charge >= 0.3 is 6.18 Å². The molecule has 0 saturated carbocycles. The molecule has 2 aromatic rings. The Hall–Kier alpha value is -1.40. The molecule has 2 aromatic carbocycles. The quantitative estimate of drug-likeness (QED) is 0.765. The molecule has 1 atom stereocenters. The number of alkyl halides is 3. The number of rotatable bonds is 3. The van der Waals surface area contributed by atoms with Crippen LogP contribution in [0.4, 0.5) is 17.6 Å². The average molecular weight is 362 g/mol. The summed E-state index contributed by atoms with van der Waals surface area (Å²) in [5.41, 5.74) is -0.0571. The molecule has 0 aliphatic rings.